The molecule has 0 spiro atoms. The van der Waals surface area contributed by atoms with E-state index in [-0.39, 0.29) is 11.7 Å². The number of hydrogen-bond donors (Lipinski definition) is 2. The molecule has 3 nitrogen and oxygen atoms in total. The van der Waals surface area contributed by atoms with Gasteiger partial charge in [0.2, 0.25) is 5.91 Å². The van der Waals surface area contributed by atoms with Crippen LogP contribution in [-0.4, -0.2) is 17.6 Å². The molecule has 0 saturated carbocycles. The molecule has 0 fully saturated rings. The average molecular weight is 325 g/mol. The first-order valence-electron chi connectivity index (χ1n) is 8.72. The van der Waals surface area contributed by atoms with E-state index in [0.29, 0.717) is 18.9 Å². The van der Waals surface area contributed by atoms with Gasteiger partial charge in [-0.25, -0.2) is 0 Å². The third-order valence-corrected chi connectivity index (χ3v) is 4.20. The van der Waals surface area contributed by atoms with Crippen LogP contribution >= 0.6 is 0 Å². The van der Waals surface area contributed by atoms with Gasteiger partial charge in [-0.15, -0.1) is 0 Å². The van der Waals surface area contributed by atoms with Gasteiger partial charge in [-0.3, -0.25) is 4.79 Å². The lowest BCUT2D eigenvalue weighted by molar-refractivity contribution is -0.121. The number of carbonyl (C=O) groups excluding carboxylic acids is 1. The number of amides is 1. The van der Waals surface area contributed by atoms with Crippen LogP contribution in [-0.2, 0) is 17.6 Å². The molecule has 0 radical (unpaired) electrons. The number of phenols is 1. The van der Waals surface area contributed by atoms with Gasteiger partial charge in [-0.2, -0.15) is 0 Å². The van der Waals surface area contributed by atoms with Gasteiger partial charge in [0.1, 0.15) is 5.75 Å². The summed E-state index contributed by atoms with van der Waals surface area (Å²) in [6.07, 6.45) is 4.46. The first-order valence-corrected chi connectivity index (χ1v) is 8.72. The van der Waals surface area contributed by atoms with Gasteiger partial charge in [0.05, 0.1) is 0 Å². The van der Waals surface area contributed by atoms with Crippen molar-refractivity contribution in [3.63, 3.8) is 0 Å². The van der Waals surface area contributed by atoms with Crippen LogP contribution in [0.5, 0.6) is 5.75 Å². The van der Waals surface area contributed by atoms with Crippen LogP contribution in [0.25, 0.3) is 0 Å². The number of rotatable bonds is 9. The molecule has 2 aromatic rings. The highest BCUT2D eigenvalue weighted by Gasteiger charge is 2.09. The summed E-state index contributed by atoms with van der Waals surface area (Å²) in [5, 5.41) is 12.2. The van der Waals surface area contributed by atoms with Crippen molar-refractivity contribution in [2.75, 3.05) is 6.54 Å². The first-order chi connectivity index (χ1) is 11.6. The summed E-state index contributed by atoms with van der Waals surface area (Å²) in [5.41, 5.74) is 2.51. The van der Waals surface area contributed by atoms with Crippen molar-refractivity contribution >= 4 is 5.91 Å². The SMILES string of the molecule is CC(CCc1ccccc1)CC(=O)NCCCc1ccc(O)cc1. The van der Waals surface area contributed by atoms with Crippen LogP contribution in [0.15, 0.2) is 54.6 Å². The van der Waals surface area contributed by atoms with Crippen molar-refractivity contribution in [1.29, 1.82) is 0 Å². The van der Waals surface area contributed by atoms with Gasteiger partial charge in [0, 0.05) is 13.0 Å². The minimum atomic E-state index is 0.140. The predicted octanol–water partition coefficient (Wildman–Crippen LogP) is 4.10. The average Bonchev–Trinajstić information content (AvgIpc) is 2.59. The van der Waals surface area contributed by atoms with Crippen molar-refractivity contribution in [3.8, 4) is 5.75 Å². The highest BCUT2D eigenvalue weighted by molar-refractivity contribution is 5.76. The summed E-state index contributed by atoms with van der Waals surface area (Å²) >= 11 is 0. The molecule has 0 aromatic heterocycles. The Labute approximate surface area is 144 Å². The van der Waals surface area contributed by atoms with Crippen LogP contribution in [0.2, 0.25) is 0 Å². The van der Waals surface area contributed by atoms with Crippen LogP contribution in [0.3, 0.4) is 0 Å². The molecule has 0 aliphatic carbocycles. The Morgan fingerprint density at radius 1 is 1.00 bits per heavy atom. The van der Waals surface area contributed by atoms with Crippen LogP contribution in [0.1, 0.15) is 37.3 Å². The monoisotopic (exact) mass is 325 g/mol. The highest BCUT2D eigenvalue weighted by Crippen LogP contribution is 2.13. The second kappa shape index (κ2) is 9.76. The van der Waals surface area contributed by atoms with Gasteiger partial charge in [0.15, 0.2) is 0 Å². The second-order valence-corrected chi connectivity index (χ2v) is 6.45. The molecular weight excluding hydrogens is 298 g/mol. The summed E-state index contributed by atoms with van der Waals surface area (Å²) in [6, 6.07) is 17.6. The van der Waals surface area contributed by atoms with E-state index in [0.717, 1.165) is 25.7 Å². The molecule has 0 aliphatic heterocycles. The molecule has 3 heteroatoms. The van der Waals surface area contributed by atoms with Gasteiger partial charge in [-0.05, 0) is 54.9 Å². The molecule has 1 atom stereocenters. The van der Waals surface area contributed by atoms with E-state index in [1.165, 1.54) is 11.1 Å². The lowest BCUT2D eigenvalue weighted by Crippen LogP contribution is -2.26. The molecule has 128 valence electrons. The normalized spacial score (nSPS) is 11.9. The van der Waals surface area contributed by atoms with Crippen molar-refractivity contribution in [3.05, 3.63) is 65.7 Å². The summed E-state index contributed by atoms with van der Waals surface area (Å²) in [5.74, 6) is 0.820. The van der Waals surface area contributed by atoms with E-state index >= 15 is 0 Å². The lowest BCUT2D eigenvalue weighted by atomic mass is 9.98. The summed E-state index contributed by atoms with van der Waals surface area (Å²) in [4.78, 5) is 12.0. The van der Waals surface area contributed by atoms with E-state index in [2.05, 4.69) is 36.5 Å². The van der Waals surface area contributed by atoms with E-state index in [1.54, 1.807) is 12.1 Å². The minimum absolute atomic E-state index is 0.140. The lowest BCUT2D eigenvalue weighted by Gasteiger charge is -2.12. The fourth-order valence-electron chi connectivity index (χ4n) is 2.73. The highest BCUT2D eigenvalue weighted by atomic mass is 16.3. The standard InChI is InChI=1S/C21H27NO2/c1-17(9-10-18-6-3-2-4-7-18)16-21(24)22-15-5-8-19-11-13-20(23)14-12-19/h2-4,6-7,11-14,17,23H,5,8-10,15-16H2,1H3,(H,22,24). The molecule has 0 heterocycles. The van der Waals surface area contributed by atoms with E-state index in [9.17, 15) is 9.90 Å². The molecule has 2 rings (SSSR count). The Kier molecular flexibility index (Phi) is 7.34. The minimum Gasteiger partial charge on any atom is -0.508 e. The Morgan fingerprint density at radius 3 is 2.38 bits per heavy atom. The topological polar surface area (TPSA) is 49.3 Å². The molecule has 1 amide bonds. The van der Waals surface area contributed by atoms with Gasteiger partial charge in [-0.1, -0.05) is 49.4 Å². The fraction of sp³-hybridized carbons (Fsp3) is 0.381. The molecule has 0 saturated heterocycles. The third-order valence-electron chi connectivity index (χ3n) is 4.20. The fourth-order valence-corrected chi connectivity index (χ4v) is 2.73. The van der Waals surface area contributed by atoms with Crippen molar-refractivity contribution in [1.82, 2.24) is 5.32 Å². The van der Waals surface area contributed by atoms with Crippen LogP contribution in [0.4, 0.5) is 0 Å². The van der Waals surface area contributed by atoms with E-state index in [4.69, 9.17) is 0 Å². The van der Waals surface area contributed by atoms with Crippen LogP contribution < -0.4 is 5.32 Å². The summed E-state index contributed by atoms with van der Waals surface area (Å²) in [6.45, 7) is 2.84. The molecular formula is C21H27NO2. The predicted molar refractivity (Wildman–Crippen MR) is 98.0 cm³/mol. The maximum Gasteiger partial charge on any atom is 0.220 e. The number of hydrogen-bond acceptors (Lipinski definition) is 2. The number of aromatic hydroxyl groups is 1. The molecule has 24 heavy (non-hydrogen) atoms. The summed E-state index contributed by atoms with van der Waals surface area (Å²) < 4.78 is 0. The van der Waals surface area contributed by atoms with Gasteiger partial charge >= 0.3 is 0 Å². The molecule has 2 aromatic carbocycles. The molecule has 0 bridgehead atoms. The number of phenolic OH excluding ortho intramolecular Hbond substituents is 1. The zero-order valence-electron chi connectivity index (χ0n) is 14.4. The van der Waals surface area contributed by atoms with Crippen molar-refractivity contribution < 1.29 is 9.90 Å². The van der Waals surface area contributed by atoms with Gasteiger partial charge in [0.25, 0.3) is 0 Å². The zero-order valence-corrected chi connectivity index (χ0v) is 14.4. The number of nitrogens with one attached hydrogen (secondary N) is 1. The second-order valence-electron chi connectivity index (χ2n) is 6.45. The number of carbonyl (C=O) groups is 1. The Morgan fingerprint density at radius 2 is 1.67 bits per heavy atom. The van der Waals surface area contributed by atoms with E-state index < -0.39 is 0 Å². The number of aryl methyl sites for hydroxylation is 2. The van der Waals surface area contributed by atoms with E-state index in [1.807, 2.05) is 18.2 Å². The van der Waals surface area contributed by atoms with Gasteiger partial charge < -0.3 is 10.4 Å². The summed E-state index contributed by atoms with van der Waals surface area (Å²) in [7, 11) is 0. The number of benzene rings is 2. The molecule has 2 N–H and O–H groups in total. The molecule has 0 aliphatic rings. The Bertz CT molecular complexity index is 607. The smallest absolute Gasteiger partial charge is 0.220 e. The van der Waals surface area contributed by atoms with Crippen molar-refractivity contribution in [2.45, 2.75) is 39.0 Å². The zero-order chi connectivity index (χ0) is 17.2. The maximum atomic E-state index is 12.0. The maximum absolute atomic E-state index is 12.0. The third kappa shape index (κ3) is 6.86. The quantitative estimate of drug-likeness (QED) is 0.682. The Hall–Kier alpha value is -2.29. The first kappa shape index (κ1) is 18.1. The Balaban J connectivity index is 1.58. The van der Waals surface area contributed by atoms with Crippen LogP contribution in [0, 0.1) is 5.92 Å². The molecule has 1 unspecified atom stereocenters. The largest absolute Gasteiger partial charge is 0.508 e. The van der Waals surface area contributed by atoms with Crippen molar-refractivity contribution in [2.24, 2.45) is 5.92 Å².